The molecule has 0 amide bonds. The molecule has 1 heterocycles. The quantitative estimate of drug-likeness (QED) is 0.0878. The van der Waals surface area contributed by atoms with E-state index >= 15 is 0 Å². The Labute approximate surface area is 228 Å². The summed E-state index contributed by atoms with van der Waals surface area (Å²) >= 11 is 0. The molecular formula is C29H35N3O3Pt. The van der Waals surface area contributed by atoms with Crippen LogP contribution in [0.4, 0.5) is 0 Å². The number of nitrogens with zero attached hydrogens (tertiary/aromatic N) is 2. The number of aromatic nitrogens is 1. The van der Waals surface area contributed by atoms with Crippen molar-refractivity contribution in [1.82, 2.24) is 11.1 Å². The largest absolute Gasteiger partial charge is 2.00 e. The van der Waals surface area contributed by atoms with Crippen molar-refractivity contribution in [2.24, 2.45) is 4.99 Å². The Hall–Kier alpha value is -3.08. The topological polar surface area (TPSA) is 123 Å². The molecule has 1 aromatic heterocycles. The first kappa shape index (κ1) is 32.9. The summed E-state index contributed by atoms with van der Waals surface area (Å²) in [5.74, 6) is 0. The number of benzene rings is 3. The number of unbranched alkanes of at least 4 members (excludes halogenated alkanes) is 5. The van der Waals surface area contributed by atoms with E-state index in [4.69, 9.17) is 0 Å². The van der Waals surface area contributed by atoms with Gasteiger partial charge in [-0.05, 0) is 17.9 Å². The number of hydrogen-bond donors (Lipinski definition) is 1. The van der Waals surface area contributed by atoms with Crippen molar-refractivity contribution in [2.75, 3.05) is 6.54 Å². The zero-order chi connectivity index (χ0) is 24.4. The van der Waals surface area contributed by atoms with E-state index in [0.29, 0.717) is 6.54 Å². The summed E-state index contributed by atoms with van der Waals surface area (Å²) in [6.45, 7) is 2.58. The Bertz CT molecular complexity index is 1100. The van der Waals surface area contributed by atoms with E-state index in [0.717, 1.165) is 30.2 Å². The number of para-hydroxylation sites is 1. The molecule has 3 aromatic carbocycles. The minimum absolute atomic E-state index is 0. The van der Waals surface area contributed by atoms with Crippen molar-refractivity contribution < 1.29 is 36.1 Å². The predicted molar refractivity (Wildman–Crippen MR) is 142 cm³/mol. The molecule has 4 aromatic rings. The van der Waals surface area contributed by atoms with E-state index in [1.165, 1.54) is 41.8 Å². The molecule has 194 valence electrons. The fourth-order valence-corrected chi connectivity index (χ4v) is 3.40. The van der Waals surface area contributed by atoms with E-state index in [2.05, 4.69) is 47.2 Å². The number of aliphatic imine (C=N–C) groups is 1. The predicted octanol–water partition coefficient (Wildman–Crippen LogP) is 5.47. The van der Waals surface area contributed by atoms with Gasteiger partial charge in [0, 0.05) is 29.1 Å². The number of fused-ring (bicyclic) bond motifs is 3. The van der Waals surface area contributed by atoms with Crippen LogP contribution in [0.3, 0.4) is 0 Å². The van der Waals surface area contributed by atoms with Crippen LogP contribution in [-0.2, 0) is 21.1 Å². The summed E-state index contributed by atoms with van der Waals surface area (Å²) in [5, 5.41) is 23.4. The number of aldehydes is 1. The Morgan fingerprint density at radius 1 is 0.806 bits per heavy atom. The minimum atomic E-state index is -1.29. The van der Waals surface area contributed by atoms with E-state index in [9.17, 15) is 15.0 Å². The van der Waals surface area contributed by atoms with Crippen LogP contribution in [0.2, 0.25) is 0 Å². The van der Waals surface area contributed by atoms with Gasteiger partial charge in [-0.1, -0.05) is 112 Å². The van der Waals surface area contributed by atoms with E-state index < -0.39 is 6.08 Å². The van der Waals surface area contributed by atoms with Gasteiger partial charge in [0.25, 0.3) is 0 Å². The summed E-state index contributed by atoms with van der Waals surface area (Å²) in [7, 11) is 0. The molecule has 0 aliphatic rings. The van der Waals surface area contributed by atoms with Crippen molar-refractivity contribution in [3.05, 3.63) is 90.6 Å². The molecule has 0 spiro atoms. The molecule has 0 unspecified atom stereocenters. The van der Waals surface area contributed by atoms with Gasteiger partial charge >= 0.3 is 21.1 Å². The van der Waals surface area contributed by atoms with Crippen molar-refractivity contribution in [3.63, 3.8) is 0 Å². The van der Waals surface area contributed by atoms with Crippen LogP contribution in [0.25, 0.3) is 21.7 Å². The monoisotopic (exact) mass is 668 g/mol. The summed E-state index contributed by atoms with van der Waals surface area (Å²) in [5.41, 5.74) is 1.79. The summed E-state index contributed by atoms with van der Waals surface area (Å²) in [6, 6.07) is 25.7. The summed E-state index contributed by atoms with van der Waals surface area (Å²) < 4.78 is 0. The molecule has 6 nitrogen and oxygen atoms in total. The third kappa shape index (κ3) is 12.6. The molecule has 0 bridgehead atoms. The second-order valence-corrected chi connectivity index (χ2v) is 7.81. The molecule has 0 fully saturated rings. The van der Waals surface area contributed by atoms with Crippen LogP contribution in [-0.4, -0.2) is 23.9 Å². The zero-order valence-electron chi connectivity index (χ0n) is 20.8. The van der Waals surface area contributed by atoms with Gasteiger partial charge in [0.05, 0.1) is 5.52 Å². The molecular weight excluding hydrogens is 633 g/mol. The first-order valence-electron chi connectivity index (χ1n) is 11.8. The van der Waals surface area contributed by atoms with Gasteiger partial charge in [0.2, 0.25) is 0 Å². The molecule has 3 N–H and O–H groups in total. The maximum absolute atomic E-state index is 10.0. The SMILES string of the molecule is CCCCCCCCN=C([O-])[O-].N.O=Cc1ccccc1.[Pt+2].c1ccc2c(c1)cnc1ccccc12. The average Bonchev–Trinajstić information content (AvgIpc) is 2.89. The fraction of sp³-hybridized carbons (Fsp3) is 0.276. The van der Waals surface area contributed by atoms with Gasteiger partial charge in [-0.15, -0.1) is 6.08 Å². The number of hydrogen-bond acceptors (Lipinski definition) is 6. The third-order valence-corrected chi connectivity index (χ3v) is 5.19. The van der Waals surface area contributed by atoms with Crippen molar-refractivity contribution in [1.29, 1.82) is 0 Å². The standard InChI is InChI=1S/C13H9N.C9H19NO2.C7H6O.H3N.Pt/c1-2-6-11-10(5-1)9-14-13-8-4-3-7-12(11)13;1-2-3-4-5-6-7-8-10-9(11)12;8-6-7-4-2-1-3-5-7;;/h1-9H;2-8H2,1H3,(H2,10,11,12);1-6H;1H3;/q;;;;+2/p-2. The Morgan fingerprint density at radius 2 is 1.39 bits per heavy atom. The molecule has 7 heteroatoms. The zero-order valence-corrected chi connectivity index (χ0v) is 23.0. The van der Waals surface area contributed by atoms with Crippen molar-refractivity contribution >= 4 is 34.0 Å². The Balaban J connectivity index is 0.000000515. The van der Waals surface area contributed by atoms with Crippen LogP contribution in [0, 0.1) is 0 Å². The number of pyridine rings is 1. The smallest absolute Gasteiger partial charge is 0.870 e. The molecule has 0 aliphatic carbocycles. The summed E-state index contributed by atoms with van der Waals surface area (Å²) in [6.07, 6.45) is 8.38. The molecule has 4 rings (SSSR count). The first-order chi connectivity index (χ1) is 16.7. The van der Waals surface area contributed by atoms with E-state index in [-0.39, 0.29) is 27.2 Å². The molecule has 0 saturated heterocycles. The normalized spacial score (nSPS) is 9.36. The van der Waals surface area contributed by atoms with Gasteiger partial charge in [-0.3, -0.25) is 9.78 Å². The second kappa shape index (κ2) is 20.1. The van der Waals surface area contributed by atoms with Crippen molar-refractivity contribution in [3.8, 4) is 0 Å². The molecule has 0 radical (unpaired) electrons. The van der Waals surface area contributed by atoms with Gasteiger partial charge in [-0.25, -0.2) is 0 Å². The van der Waals surface area contributed by atoms with E-state index in [1.54, 1.807) is 12.1 Å². The fourth-order valence-electron chi connectivity index (χ4n) is 3.40. The maximum atomic E-state index is 10.0. The minimum Gasteiger partial charge on any atom is -0.870 e. The molecule has 0 saturated carbocycles. The van der Waals surface area contributed by atoms with Crippen LogP contribution in [0.5, 0.6) is 0 Å². The van der Waals surface area contributed by atoms with Gasteiger partial charge in [0.1, 0.15) is 6.29 Å². The van der Waals surface area contributed by atoms with Crippen molar-refractivity contribution in [2.45, 2.75) is 45.4 Å². The summed E-state index contributed by atoms with van der Waals surface area (Å²) in [4.78, 5) is 17.7. The molecule has 0 atom stereocenters. The third-order valence-electron chi connectivity index (χ3n) is 5.19. The van der Waals surface area contributed by atoms with Crippen LogP contribution in [0.1, 0.15) is 55.8 Å². The van der Waals surface area contributed by atoms with Crippen LogP contribution in [0.15, 0.2) is 90.1 Å². The van der Waals surface area contributed by atoms with E-state index in [1.807, 2.05) is 42.6 Å². The van der Waals surface area contributed by atoms with Gasteiger partial charge in [0.15, 0.2) is 0 Å². The first-order valence-corrected chi connectivity index (χ1v) is 11.8. The number of rotatable bonds is 8. The molecule has 36 heavy (non-hydrogen) atoms. The average molecular weight is 669 g/mol. The van der Waals surface area contributed by atoms with Crippen LogP contribution < -0.4 is 16.4 Å². The Morgan fingerprint density at radius 3 is 2.03 bits per heavy atom. The number of carbonyl (C=O) groups is 1. The molecule has 0 aliphatic heterocycles. The Kier molecular flexibility index (Phi) is 18.4. The number of carbonyl (C=O) groups excluding carboxylic acids is 1. The second-order valence-electron chi connectivity index (χ2n) is 7.81. The van der Waals surface area contributed by atoms with Gasteiger partial charge in [-0.2, -0.15) is 0 Å². The maximum Gasteiger partial charge on any atom is 2.00 e. The van der Waals surface area contributed by atoms with Crippen LogP contribution >= 0.6 is 0 Å². The van der Waals surface area contributed by atoms with Gasteiger partial charge < -0.3 is 21.4 Å².